The van der Waals surface area contributed by atoms with Gasteiger partial charge in [0.1, 0.15) is 0 Å². The second-order valence-electron chi connectivity index (χ2n) is 28.6. The standard InChI is InChI=1S/C77H130N2.2C6H13.Ni/c1-6-11-16-19-21-23-25-27-29-31-33-35-37-39-41-43-45-47-50-54-59-71-64-62-69(57-52-14-9-4)66-74(71)76-68-73(61-56-49-18-13-8-3)77(79(76)78)75-67-70(58-53-15-10-5)63-65-72(75)60-55-51-48-46-44-42-40-38-36-34-32-30-28-26-24-22-20-17-12-7-2;2*1-3-5-6-4-2;/h47-48,50-51,62-68H,6-46,49,52-61H2,1-5H3;2*1,3-6H2,2H3;. The zero-order valence-corrected chi connectivity index (χ0v) is 63.9. The third kappa shape index (κ3) is 46.6. The maximum atomic E-state index is 12.8. The van der Waals surface area contributed by atoms with Gasteiger partial charge in [-0.05, 0) is 124 Å². The monoisotopic (exact) mass is 1310 g/mol. The van der Waals surface area contributed by atoms with Crippen molar-refractivity contribution in [2.24, 2.45) is 0 Å². The number of aryl methyl sites for hydroxylation is 4. The topological polar surface area (TPSA) is 25.3 Å². The minimum atomic E-state index is 0.990. The molecule has 0 fully saturated rings. The molecule has 0 aliphatic carbocycles. The van der Waals surface area contributed by atoms with Crippen molar-refractivity contribution in [3.05, 3.63) is 111 Å². The molecule has 1 aliphatic rings. The molecule has 0 unspecified atom stereocenters. The van der Waals surface area contributed by atoms with Gasteiger partial charge in [0.05, 0.1) is 0 Å². The summed E-state index contributed by atoms with van der Waals surface area (Å²) in [7, 11) is 0. The van der Waals surface area contributed by atoms with Crippen molar-refractivity contribution < 1.29 is 19.1 Å². The molecule has 0 atom stereocenters. The predicted molar refractivity (Wildman–Crippen MR) is 412 cm³/mol. The summed E-state index contributed by atoms with van der Waals surface area (Å²) < 4.78 is 1.66. The Morgan fingerprint density at radius 3 is 0.946 bits per heavy atom. The van der Waals surface area contributed by atoms with E-state index < -0.39 is 0 Å². The number of benzene rings is 2. The first-order chi connectivity index (χ1) is 45.5. The van der Waals surface area contributed by atoms with Crippen molar-refractivity contribution >= 4 is 11.4 Å². The van der Waals surface area contributed by atoms with E-state index in [1.165, 1.54) is 384 Å². The van der Waals surface area contributed by atoms with Crippen molar-refractivity contribution in [2.45, 2.75) is 444 Å². The van der Waals surface area contributed by atoms with Crippen LogP contribution in [0.2, 0.25) is 10.8 Å². The Balaban J connectivity index is 0.00000198. The van der Waals surface area contributed by atoms with E-state index in [4.69, 9.17) is 0 Å². The fourth-order valence-electron chi connectivity index (χ4n) is 13.6. The first-order valence-corrected chi connectivity index (χ1v) is 42.8. The normalized spacial score (nSPS) is 12.6. The van der Waals surface area contributed by atoms with E-state index in [2.05, 4.69) is 115 Å². The number of unbranched alkanes of at least 4 members (excludes halogenated alkanes) is 46. The van der Waals surface area contributed by atoms with E-state index in [9.17, 15) is 5.53 Å². The third-order valence-corrected chi connectivity index (χ3v) is 21.1. The predicted octanol–water partition coefficient (Wildman–Crippen LogP) is 31.7. The summed E-state index contributed by atoms with van der Waals surface area (Å²) in [5.41, 5.74) is 24.2. The van der Waals surface area contributed by atoms with Gasteiger partial charge in [0.15, 0.2) is 0 Å². The van der Waals surface area contributed by atoms with Crippen LogP contribution in [0.25, 0.3) is 16.9 Å². The molecule has 0 saturated heterocycles. The average molecular weight is 1310 g/mol. The molecule has 532 valence electrons. The van der Waals surface area contributed by atoms with Gasteiger partial charge in [0.25, 0.3) is 0 Å². The summed E-state index contributed by atoms with van der Waals surface area (Å²) in [6.07, 6.45) is 92.4. The number of hydrogen-bond donors (Lipinski definition) is 0. The van der Waals surface area contributed by atoms with Crippen molar-refractivity contribution in [3.63, 3.8) is 0 Å². The SMILES string of the molecule is CCCCCCCCCCCCCCCCCCC=CCCc1ccc(CCCCC)cc1C1=CC(CCCCCCC)=C(c2cc(CCCCC)ccc2CCC=CCCCCCCCCCCCCCCCCCC)[N+]1=[N-].CCCCC[CH2][Ni][CH2]CCCCC. The minimum absolute atomic E-state index is 0.990. The molecule has 1 heterocycles. The Morgan fingerprint density at radius 2 is 0.576 bits per heavy atom. The van der Waals surface area contributed by atoms with E-state index in [1.54, 1.807) is 4.70 Å². The quantitative estimate of drug-likeness (QED) is 0.0273. The Labute approximate surface area is 582 Å². The van der Waals surface area contributed by atoms with E-state index >= 15 is 0 Å². The van der Waals surface area contributed by atoms with Crippen LogP contribution in [0.15, 0.2) is 72.4 Å². The molecule has 2 aromatic rings. The molecule has 0 amide bonds. The van der Waals surface area contributed by atoms with Crippen LogP contribution in [0, 0.1) is 0 Å². The van der Waals surface area contributed by atoms with Crippen LogP contribution >= 0.6 is 0 Å². The molecule has 2 aromatic carbocycles. The fraction of sp³-hybridized carbons (Fsp3) is 0.775. The van der Waals surface area contributed by atoms with E-state index in [0.717, 1.165) is 62.8 Å². The molecule has 0 N–H and O–H groups in total. The van der Waals surface area contributed by atoms with Gasteiger partial charge in [0, 0.05) is 22.8 Å². The molecular weight excluding hydrogens is 1160 g/mol. The van der Waals surface area contributed by atoms with Crippen LogP contribution in [0.5, 0.6) is 0 Å². The first kappa shape index (κ1) is 85.6. The average Bonchev–Trinajstić information content (AvgIpc) is 1.61. The van der Waals surface area contributed by atoms with Crippen molar-refractivity contribution in [2.75, 3.05) is 0 Å². The van der Waals surface area contributed by atoms with Crippen LogP contribution in [0.1, 0.15) is 441 Å². The Morgan fingerprint density at radius 1 is 0.293 bits per heavy atom. The van der Waals surface area contributed by atoms with Crippen molar-refractivity contribution in [3.8, 4) is 0 Å². The van der Waals surface area contributed by atoms with Crippen LogP contribution < -0.4 is 0 Å². The number of rotatable bonds is 66. The molecule has 1 aliphatic heterocycles. The zero-order chi connectivity index (χ0) is 66.1. The van der Waals surface area contributed by atoms with Gasteiger partial charge in [-0.3, -0.25) is 0 Å². The van der Waals surface area contributed by atoms with E-state index in [1.807, 2.05) is 14.4 Å². The first-order valence-electron chi connectivity index (χ1n) is 41.4. The zero-order valence-electron chi connectivity index (χ0n) is 62.9. The summed E-state index contributed by atoms with van der Waals surface area (Å²) >= 11 is 1.99. The van der Waals surface area contributed by atoms with Gasteiger partial charge < -0.3 is 5.53 Å². The number of hydrogen-bond acceptors (Lipinski definition) is 0. The second kappa shape index (κ2) is 65.8. The molecule has 3 heteroatoms. The van der Waals surface area contributed by atoms with E-state index in [0.29, 0.717) is 0 Å². The van der Waals surface area contributed by atoms with Crippen LogP contribution in [-0.4, -0.2) is 4.70 Å². The molecular formula is C89H156N2Ni. The Hall–Kier alpha value is -2.51. The van der Waals surface area contributed by atoms with Crippen LogP contribution in [0.3, 0.4) is 0 Å². The maximum absolute atomic E-state index is 12.8. The third-order valence-electron chi connectivity index (χ3n) is 19.7. The second-order valence-corrected chi connectivity index (χ2v) is 30.1. The summed E-state index contributed by atoms with van der Waals surface area (Å²) in [4.78, 5) is 0. The van der Waals surface area contributed by atoms with Gasteiger partial charge in [-0.1, -0.05) is 327 Å². The molecule has 0 radical (unpaired) electrons. The molecule has 0 aromatic heterocycles. The molecule has 0 spiro atoms. The molecule has 0 bridgehead atoms. The van der Waals surface area contributed by atoms with Gasteiger partial charge in [-0.25, -0.2) is 4.70 Å². The number of nitrogens with zero attached hydrogens (tertiary/aromatic N) is 2. The fourth-order valence-corrected chi connectivity index (χ4v) is 14.8. The summed E-state index contributed by atoms with van der Waals surface area (Å²) in [5, 5.41) is 2.83. The number of allylic oxidation sites excluding steroid dienone is 6. The van der Waals surface area contributed by atoms with Gasteiger partial charge >= 0.3 is 90.4 Å². The molecule has 3 rings (SSSR count). The molecule has 0 saturated carbocycles. The summed E-state index contributed by atoms with van der Waals surface area (Å²) in [6.45, 7) is 16.1. The molecule has 92 heavy (non-hydrogen) atoms. The summed E-state index contributed by atoms with van der Waals surface area (Å²) in [6, 6.07) is 14.5. The van der Waals surface area contributed by atoms with Crippen molar-refractivity contribution in [1.29, 1.82) is 0 Å². The van der Waals surface area contributed by atoms with Gasteiger partial charge in [-0.2, -0.15) is 0 Å². The Bertz CT molecular complexity index is 2080. The van der Waals surface area contributed by atoms with Crippen LogP contribution in [-0.2, 0) is 40.1 Å². The molecule has 2 nitrogen and oxygen atoms in total. The van der Waals surface area contributed by atoms with Crippen LogP contribution in [0.4, 0.5) is 0 Å². The van der Waals surface area contributed by atoms with E-state index in [-0.39, 0.29) is 0 Å². The van der Waals surface area contributed by atoms with Gasteiger partial charge in [-0.15, -0.1) is 0 Å². The Kier molecular flexibility index (Phi) is 61.2. The van der Waals surface area contributed by atoms with Gasteiger partial charge in [0.2, 0.25) is 11.4 Å². The summed E-state index contributed by atoms with van der Waals surface area (Å²) in [5.74, 6) is 0. The van der Waals surface area contributed by atoms with Crippen molar-refractivity contribution in [1.82, 2.24) is 0 Å².